The summed E-state index contributed by atoms with van der Waals surface area (Å²) in [6.45, 7) is 0. The first-order chi connectivity index (χ1) is 24.3. The predicted octanol–water partition coefficient (Wildman–Crippen LogP) is 11.4. The van der Waals surface area contributed by atoms with Crippen LogP contribution in [0, 0.1) is 0 Å². The molecule has 4 heteroatoms. The van der Waals surface area contributed by atoms with E-state index >= 15 is 0 Å². The zero-order chi connectivity index (χ0) is 32.3. The molecule has 0 bridgehead atoms. The van der Waals surface area contributed by atoms with Gasteiger partial charge in [-0.05, 0) is 0 Å². The Balaban J connectivity index is 1.15. The monoisotopic (exact) mass is 689 g/mol. The minimum absolute atomic E-state index is 0.166. The Morgan fingerprint density at radius 3 is 1.65 bits per heavy atom. The summed E-state index contributed by atoms with van der Waals surface area (Å²) in [5, 5.41) is 10.5. The number of nitrogens with zero attached hydrogens (tertiary/aromatic N) is 3. The fourth-order valence-corrected chi connectivity index (χ4v) is 10.1. The Kier molecular flexibility index (Phi) is 6.51. The molecule has 49 heavy (non-hydrogen) atoms. The fraction of sp³-hybridized carbons (Fsp3) is 0. The first-order valence-corrected chi connectivity index (χ1v) is 18.2. The summed E-state index contributed by atoms with van der Waals surface area (Å²) in [7, 11) is 0. The molecule has 0 saturated heterocycles. The van der Waals surface area contributed by atoms with Gasteiger partial charge in [-0.25, -0.2) is 0 Å². The number of benzene rings is 8. The van der Waals surface area contributed by atoms with Crippen molar-refractivity contribution in [1.82, 2.24) is 15.0 Å². The third kappa shape index (κ3) is 4.69. The number of hydrogen-bond donors (Lipinski definition) is 0. The molecule has 0 aliphatic heterocycles. The van der Waals surface area contributed by atoms with Crippen molar-refractivity contribution in [1.29, 1.82) is 0 Å². The van der Waals surface area contributed by atoms with Gasteiger partial charge in [0.1, 0.15) is 0 Å². The number of aromatic nitrogens is 3. The second-order valence-electron chi connectivity index (χ2n) is 12.4. The third-order valence-electron chi connectivity index (χ3n) is 9.50. The van der Waals surface area contributed by atoms with Gasteiger partial charge in [0, 0.05) is 0 Å². The van der Waals surface area contributed by atoms with Crippen molar-refractivity contribution >= 4 is 66.1 Å². The molecule has 8 aromatic carbocycles. The minimum Gasteiger partial charge on any atom is -0.0615 e. The Morgan fingerprint density at radius 2 is 0.878 bits per heavy atom. The molecule has 0 radical (unpaired) electrons. The molecule has 0 aliphatic carbocycles. The molecule has 0 saturated carbocycles. The third-order valence-corrected chi connectivity index (χ3v) is 12.2. The molecule has 10 aromatic rings. The predicted molar refractivity (Wildman–Crippen MR) is 206 cm³/mol. The van der Waals surface area contributed by atoms with Crippen molar-refractivity contribution in [3.8, 4) is 45.3 Å². The van der Waals surface area contributed by atoms with E-state index in [2.05, 4.69) is 103 Å². The van der Waals surface area contributed by atoms with Crippen LogP contribution in [-0.4, -0.2) is 29.5 Å². The van der Waals surface area contributed by atoms with Crippen molar-refractivity contribution in [3.63, 3.8) is 0 Å². The number of fused-ring (bicyclic) bond motifs is 8. The van der Waals surface area contributed by atoms with Gasteiger partial charge < -0.3 is 0 Å². The molecule has 0 N–H and O–H groups in total. The topological polar surface area (TPSA) is 38.7 Å². The molecule has 0 aliphatic rings. The standard InChI is InChI=1S/C45H27N3Se/c1-3-12-30(13-4-1)43-46-44(31-14-5-2-6-15-31)48-45(47-43)33-24-25-34-32(27-33)16-9-18-36(34)37-19-10-20-38-39-26-23-29-22-21-28-11-7-8-17-35(28)40(29)42(39)49-41(37)38/h1-27H. The van der Waals surface area contributed by atoms with E-state index in [1.165, 1.54) is 57.4 Å². The minimum atomic E-state index is 0.166. The van der Waals surface area contributed by atoms with E-state index in [1.807, 2.05) is 60.7 Å². The van der Waals surface area contributed by atoms with Gasteiger partial charge in [0.05, 0.1) is 0 Å². The van der Waals surface area contributed by atoms with Crippen molar-refractivity contribution in [2.75, 3.05) is 0 Å². The van der Waals surface area contributed by atoms with E-state index < -0.39 is 0 Å². The average Bonchev–Trinajstić information content (AvgIpc) is 3.57. The smallest absolute Gasteiger partial charge is 0.0615 e. The summed E-state index contributed by atoms with van der Waals surface area (Å²) in [4.78, 5) is 14.8. The molecule has 228 valence electrons. The molecule has 3 nitrogen and oxygen atoms in total. The Labute approximate surface area is 288 Å². The van der Waals surface area contributed by atoms with Crippen LogP contribution >= 0.6 is 0 Å². The van der Waals surface area contributed by atoms with Crippen LogP contribution in [-0.2, 0) is 0 Å². The molecular weight excluding hydrogens is 661 g/mol. The van der Waals surface area contributed by atoms with Crippen LogP contribution in [0.15, 0.2) is 164 Å². The molecular formula is C45H27N3Se. The van der Waals surface area contributed by atoms with Gasteiger partial charge in [0.25, 0.3) is 0 Å². The molecule has 0 atom stereocenters. The summed E-state index contributed by atoms with van der Waals surface area (Å²) in [5.74, 6) is 2.00. The number of hydrogen-bond acceptors (Lipinski definition) is 3. The Bertz CT molecular complexity index is 2820. The molecule has 0 unspecified atom stereocenters. The van der Waals surface area contributed by atoms with Crippen LogP contribution in [0.1, 0.15) is 0 Å². The van der Waals surface area contributed by atoms with Gasteiger partial charge in [-0.3, -0.25) is 0 Å². The van der Waals surface area contributed by atoms with E-state index in [0.29, 0.717) is 17.5 Å². The van der Waals surface area contributed by atoms with Gasteiger partial charge in [0.15, 0.2) is 0 Å². The van der Waals surface area contributed by atoms with Crippen molar-refractivity contribution in [3.05, 3.63) is 164 Å². The average molecular weight is 689 g/mol. The maximum absolute atomic E-state index is 4.98. The number of rotatable bonds is 4. The van der Waals surface area contributed by atoms with Crippen molar-refractivity contribution in [2.45, 2.75) is 0 Å². The molecule has 0 fully saturated rings. The van der Waals surface area contributed by atoms with E-state index in [0.717, 1.165) is 22.1 Å². The van der Waals surface area contributed by atoms with Crippen LogP contribution in [0.3, 0.4) is 0 Å². The Hall–Kier alpha value is -5.93. The molecule has 0 spiro atoms. The van der Waals surface area contributed by atoms with Crippen molar-refractivity contribution in [2.24, 2.45) is 0 Å². The van der Waals surface area contributed by atoms with Crippen LogP contribution in [0.5, 0.6) is 0 Å². The van der Waals surface area contributed by atoms with Crippen LogP contribution in [0.4, 0.5) is 0 Å². The van der Waals surface area contributed by atoms with E-state index in [-0.39, 0.29) is 14.5 Å². The first-order valence-electron chi connectivity index (χ1n) is 16.4. The van der Waals surface area contributed by atoms with Gasteiger partial charge in [0.2, 0.25) is 0 Å². The van der Waals surface area contributed by atoms with Crippen LogP contribution in [0.2, 0.25) is 0 Å². The summed E-state index contributed by atoms with van der Waals surface area (Å²) in [6.07, 6.45) is 0. The summed E-state index contributed by atoms with van der Waals surface area (Å²) < 4.78 is 2.95. The van der Waals surface area contributed by atoms with E-state index in [1.54, 1.807) is 0 Å². The normalized spacial score (nSPS) is 11.7. The second-order valence-corrected chi connectivity index (χ2v) is 14.5. The van der Waals surface area contributed by atoms with Crippen LogP contribution < -0.4 is 0 Å². The molecule has 2 aromatic heterocycles. The first kappa shape index (κ1) is 28.1. The van der Waals surface area contributed by atoms with Gasteiger partial charge >= 0.3 is 254 Å². The summed E-state index contributed by atoms with van der Waals surface area (Å²) in [6, 6.07) is 58.3. The zero-order valence-corrected chi connectivity index (χ0v) is 28.1. The Morgan fingerprint density at radius 1 is 0.327 bits per heavy atom. The quantitative estimate of drug-likeness (QED) is 0.136. The van der Waals surface area contributed by atoms with Gasteiger partial charge in [-0.15, -0.1) is 0 Å². The molecule has 0 amide bonds. The van der Waals surface area contributed by atoms with Gasteiger partial charge in [-0.1, -0.05) is 36.4 Å². The fourth-order valence-electron chi connectivity index (χ4n) is 7.15. The summed E-state index contributed by atoms with van der Waals surface area (Å²) in [5.41, 5.74) is 5.48. The van der Waals surface area contributed by atoms with Gasteiger partial charge in [-0.2, -0.15) is 0 Å². The SMILES string of the molecule is c1ccc(-c2nc(-c3ccccc3)nc(-c3ccc4c(-c5cccc6c5[se]c5c6ccc6ccc7ccccc7c65)cccc4c3)n2)cc1. The maximum atomic E-state index is 4.98. The van der Waals surface area contributed by atoms with E-state index in [4.69, 9.17) is 15.0 Å². The molecule has 10 rings (SSSR count). The van der Waals surface area contributed by atoms with Crippen LogP contribution in [0.25, 0.3) is 96.9 Å². The summed E-state index contributed by atoms with van der Waals surface area (Å²) >= 11 is 0.166. The zero-order valence-electron chi connectivity index (χ0n) is 26.3. The van der Waals surface area contributed by atoms with Crippen molar-refractivity contribution < 1.29 is 0 Å². The van der Waals surface area contributed by atoms with E-state index in [9.17, 15) is 0 Å². The second kappa shape index (κ2) is 11.3. The molecule has 2 heterocycles.